The summed E-state index contributed by atoms with van der Waals surface area (Å²) in [5, 5.41) is 4.72. The van der Waals surface area contributed by atoms with Crippen LogP contribution in [0.1, 0.15) is 61.0 Å². The first-order chi connectivity index (χ1) is 22.9. The van der Waals surface area contributed by atoms with E-state index in [1.807, 2.05) is 64.4 Å². The van der Waals surface area contributed by atoms with Crippen LogP contribution >= 0.6 is 11.6 Å². The number of aromatic nitrogens is 2. The Kier molecular flexibility index (Phi) is 9.04. The Morgan fingerprint density at radius 3 is 2.57 bits per heavy atom. The van der Waals surface area contributed by atoms with E-state index in [1.54, 1.807) is 6.20 Å². The minimum absolute atomic E-state index is 0.0389. The Hall–Kier alpha value is -4.17. The van der Waals surface area contributed by atoms with E-state index >= 15 is 0 Å². The Morgan fingerprint density at radius 2 is 1.79 bits per heavy atom. The Bertz CT molecular complexity index is 1750. The van der Waals surface area contributed by atoms with Crippen LogP contribution in [0, 0.1) is 11.8 Å². The Morgan fingerprint density at radius 1 is 0.979 bits per heavy atom. The highest BCUT2D eigenvalue weighted by Crippen LogP contribution is 2.53. The molecular formula is C38H42ClN5O3. The molecule has 2 aromatic heterocycles. The molecule has 5 heterocycles. The van der Waals surface area contributed by atoms with Crippen LogP contribution in [-0.2, 0) is 39.2 Å². The van der Waals surface area contributed by atoms with Crippen LogP contribution in [0.5, 0.6) is 0 Å². The van der Waals surface area contributed by atoms with Gasteiger partial charge in [0.05, 0.1) is 11.5 Å². The Balaban J connectivity index is 1.26. The van der Waals surface area contributed by atoms with E-state index in [0.29, 0.717) is 50.2 Å². The number of hydrogen-bond acceptors (Lipinski definition) is 4. The maximum atomic E-state index is 14.8. The maximum Gasteiger partial charge on any atom is 0.228 e. The second kappa shape index (κ2) is 13.5. The predicted octanol–water partition coefficient (Wildman–Crippen LogP) is 5.83. The first kappa shape index (κ1) is 31.4. The highest BCUT2D eigenvalue weighted by Gasteiger charge is 2.59. The second-order valence-electron chi connectivity index (χ2n) is 13.3. The van der Waals surface area contributed by atoms with Crippen molar-refractivity contribution in [3.63, 3.8) is 0 Å². The first-order valence-corrected chi connectivity index (χ1v) is 17.4. The van der Waals surface area contributed by atoms with E-state index in [0.717, 1.165) is 60.2 Å². The minimum atomic E-state index is -0.869. The van der Waals surface area contributed by atoms with Crippen molar-refractivity contribution in [1.82, 2.24) is 25.1 Å². The maximum absolute atomic E-state index is 14.8. The molecule has 9 heteroatoms. The van der Waals surface area contributed by atoms with Gasteiger partial charge in [0.2, 0.25) is 17.7 Å². The molecule has 0 aliphatic carbocycles. The average Bonchev–Trinajstić information content (AvgIpc) is 3.48. The number of halogens is 1. The predicted molar refractivity (Wildman–Crippen MR) is 183 cm³/mol. The number of likely N-dealkylation sites (tertiary alicyclic amines) is 1. The van der Waals surface area contributed by atoms with Gasteiger partial charge in [-0.25, -0.2) is 0 Å². The summed E-state index contributed by atoms with van der Waals surface area (Å²) < 4.78 is 0. The lowest BCUT2D eigenvalue weighted by Crippen LogP contribution is -2.66. The average molecular weight is 652 g/mol. The minimum Gasteiger partial charge on any atom is -0.356 e. The number of nitrogens with zero attached hydrogens (tertiary/aromatic N) is 3. The van der Waals surface area contributed by atoms with Crippen LogP contribution in [0.25, 0.3) is 10.9 Å². The summed E-state index contributed by atoms with van der Waals surface area (Å²) in [6.45, 7) is 2.39. The standard InChI is InChI=1S/C38H42ClN5O3/c39-28-12-13-33-31(25-28)30-16-22-44-36(46)27(24-34(45)41-19-15-29-11-5-6-18-40-29)23-32(37(47)43-20-7-2-8-21-43)38(44,35(30)42-33)17-14-26-9-3-1-4-10-26/h1,3-6,9-13,18,25,27,32,42H,2,7-8,14-17,19-24H2,(H,41,45)/t27-,32-,38+/m1/s1. The molecule has 0 spiro atoms. The lowest BCUT2D eigenvalue weighted by molar-refractivity contribution is -0.167. The molecule has 3 aliphatic heterocycles. The summed E-state index contributed by atoms with van der Waals surface area (Å²) in [4.78, 5) is 54.8. The molecule has 2 fully saturated rings. The molecule has 2 aromatic carbocycles. The lowest BCUT2D eigenvalue weighted by atomic mass is 9.64. The quantitative estimate of drug-likeness (QED) is 0.238. The number of aryl methyl sites for hydroxylation is 1. The number of amides is 3. The number of piperidine rings is 2. The summed E-state index contributed by atoms with van der Waals surface area (Å²) >= 11 is 6.49. The van der Waals surface area contributed by atoms with Gasteiger partial charge in [-0.1, -0.05) is 48.0 Å². The second-order valence-corrected chi connectivity index (χ2v) is 13.8. The first-order valence-electron chi connectivity index (χ1n) is 17.1. The molecule has 3 aliphatic rings. The smallest absolute Gasteiger partial charge is 0.228 e. The van der Waals surface area contributed by atoms with Crippen molar-refractivity contribution in [2.45, 2.75) is 63.3 Å². The number of rotatable bonds is 9. The summed E-state index contributed by atoms with van der Waals surface area (Å²) in [7, 11) is 0. The van der Waals surface area contributed by atoms with Crippen molar-refractivity contribution >= 4 is 40.2 Å². The van der Waals surface area contributed by atoms with E-state index < -0.39 is 17.4 Å². The van der Waals surface area contributed by atoms with Gasteiger partial charge in [0, 0.05) is 78.4 Å². The van der Waals surface area contributed by atoms with Crippen LogP contribution in [0.2, 0.25) is 5.02 Å². The van der Waals surface area contributed by atoms with Crippen molar-refractivity contribution in [3.8, 4) is 0 Å². The molecule has 0 unspecified atom stereocenters. The Labute approximate surface area is 280 Å². The number of benzene rings is 2. The van der Waals surface area contributed by atoms with Crippen LogP contribution in [0.3, 0.4) is 0 Å². The number of carbonyl (C=O) groups excluding carboxylic acids is 3. The van der Waals surface area contributed by atoms with Gasteiger partial charge in [-0.3, -0.25) is 19.4 Å². The van der Waals surface area contributed by atoms with Crippen LogP contribution < -0.4 is 5.32 Å². The zero-order valence-electron chi connectivity index (χ0n) is 26.7. The topological polar surface area (TPSA) is 98.4 Å². The van der Waals surface area contributed by atoms with E-state index in [4.69, 9.17) is 11.6 Å². The van der Waals surface area contributed by atoms with E-state index in [1.165, 1.54) is 5.56 Å². The highest BCUT2D eigenvalue weighted by atomic mass is 35.5. The van der Waals surface area contributed by atoms with Gasteiger partial charge in [-0.15, -0.1) is 0 Å². The molecule has 8 nitrogen and oxygen atoms in total. The molecule has 244 valence electrons. The highest BCUT2D eigenvalue weighted by molar-refractivity contribution is 6.31. The van der Waals surface area contributed by atoms with Gasteiger partial charge in [-0.05, 0) is 86.4 Å². The van der Waals surface area contributed by atoms with Gasteiger partial charge < -0.3 is 20.1 Å². The van der Waals surface area contributed by atoms with Crippen LogP contribution in [-0.4, -0.2) is 63.7 Å². The molecule has 0 bridgehead atoms. The largest absolute Gasteiger partial charge is 0.356 e. The number of aromatic amines is 1. The third-order valence-electron chi connectivity index (χ3n) is 10.5. The third-order valence-corrected chi connectivity index (χ3v) is 10.8. The fourth-order valence-corrected chi connectivity index (χ4v) is 8.45. The van der Waals surface area contributed by atoms with Crippen molar-refractivity contribution in [2.75, 3.05) is 26.2 Å². The van der Waals surface area contributed by atoms with E-state index in [-0.39, 0.29) is 24.1 Å². The molecule has 3 amide bonds. The van der Waals surface area contributed by atoms with E-state index in [2.05, 4.69) is 27.4 Å². The molecule has 0 saturated carbocycles. The van der Waals surface area contributed by atoms with Crippen molar-refractivity contribution in [1.29, 1.82) is 0 Å². The van der Waals surface area contributed by atoms with Crippen molar-refractivity contribution < 1.29 is 14.4 Å². The molecule has 4 aromatic rings. The lowest BCUT2D eigenvalue weighted by Gasteiger charge is -2.56. The van der Waals surface area contributed by atoms with E-state index in [9.17, 15) is 14.4 Å². The summed E-state index contributed by atoms with van der Waals surface area (Å²) in [5.41, 5.74) is 4.26. The normalized spacial score (nSPS) is 22.5. The molecule has 3 atom stereocenters. The van der Waals surface area contributed by atoms with Crippen molar-refractivity contribution in [2.24, 2.45) is 11.8 Å². The summed E-state index contributed by atoms with van der Waals surface area (Å²) in [6, 6.07) is 21.9. The molecule has 2 saturated heterocycles. The van der Waals surface area contributed by atoms with Gasteiger partial charge in [-0.2, -0.15) is 0 Å². The van der Waals surface area contributed by atoms with Crippen molar-refractivity contribution in [3.05, 3.63) is 100 Å². The number of hydrogen-bond donors (Lipinski definition) is 2. The number of nitrogens with one attached hydrogen (secondary N) is 2. The fourth-order valence-electron chi connectivity index (χ4n) is 8.27. The summed E-state index contributed by atoms with van der Waals surface area (Å²) in [6.07, 6.45) is 7.80. The monoisotopic (exact) mass is 651 g/mol. The van der Waals surface area contributed by atoms with Crippen LogP contribution in [0.15, 0.2) is 72.9 Å². The molecule has 7 rings (SSSR count). The zero-order chi connectivity index (χ0) is 32.4. The number of fused-ring (bicyclic) bond motifs is 5. The molecule has 2 N–H and O–H groups in total. The van der Waals surface area contributed by atoms with Gasteiger partial charge >= 0.3 is 0 Å². The molecule has 0 radical (unpaired) electrons. The summed E-state index contributed by atoms with van der Waals surface area (Å²) in [5.74, 6) is -1.17. The molecular weight excluding hydrogens is 610 g/mol. The van der Waals surface area contributed by atoms with Gasteiger partial charge in [0.15, 0.2) is 0 Å². The molecule has 47 heavy (non-hydrogen) atoms. The fraction of sp³-hybridized carbons (Fsp3) is 0.421. The number of H-pyrrole nitrogens is 1. The SMILES string of the molecule is O=C(C[C@H]1C[C@H](C(=O)N2CCCCC2)[C@@]2(CCc3ccccc3)c3[nH]c4ccc(Cl)cc4c3CCN2C1=O)NCCc1ccccn1. The van der Waals surface area contributed by atoms with Gasteiger partial charge in [0.1, 0.15) is 0 Å². The zero-order valence-corrected chi connectivity index (χ0v) is 27.5. The number of pyridine rings is 1. The third kappa shape index (κ3) is 6.16. The van der Waals surface area contributed by atoms with Crippen LogP contribution in [0.4, 0.5) is 0 Å². The number of carbonyl (C=O) groups is 3. The van der Waals surface area contributed by atoms with Gasteiger partial charge in [0.25, 0.3) is 0 Å².